The standard InChI is InChI=1S/C15H24N2O5S/c1-23(19,20)17-6-7-22-13-3-5-16(4-2-12(13)17)15(18)14-10-8-21-9-11(10)14/h10-14H,2-9H2,1H3/t10-,11+,12?,13?,14?. The molecule has 4 fully saturated rings. The topological polar surface area (TPSA) is 76.2 Å². The summed E-state index contributed by atoms with van der Waals surface area (Å²) in [6, 6.07) is -0.140. The van der Waals surface area contributed by atoms with Crippen molar-refractivity contribution in [3.05, 3.63) is 0 Å². The van der Waals surface area contributed by atoms with E-state index < -0.39 is 10.0 Å². The van der Waals surface area contributed by atoms with Gasteiger partial charge < -0.3 is 14.4 Å². The van der Waals surface area contributed by atoms with Gasteiger partial charge in [0.2, 0.25) is 15.9 Å². The van der Waals surface area contributed by atoms with Crippen LogP contribution in [-0.2, 0) is 24.3 Å². The summed E-state index contributed by atoms with van der Waals surface area (Å²) in [5.74, 6) is 1.19. The Labute approximate surface area is 136 Å². The number of hydrogen-bond acceptors (Lipinski definition) is 5. The molecular formula is C15H24N2O5S. The number of fused-ring (bicyclic) bond motifs is 2. The second-order valence-electron chi connectivity index (χ2n) is 7.14. The van der Waals surface area contributed by atoms with E-state index in [1.165, 1.54) is 6.26 Å². The Morgan fingerprint density at radius 3 is 2.48 bits per heavy atom. The molecular weight excluding hydrogens is 320 g/mol. The van der Waals surface area contributed by atoms with Gasteiger partial charge in [0, 0.05) is 25.6 Å². The lowest BCUT2D eigenvalue weighted by atomic mass is 10.0. The van der Waals surface area contributed by atoms with Crippen molar-refractivity contribution in [3.8, 4) is 0 Å². The lowest BCUT2D eigenvalue weighted by Gasteiger charge is -2.38. The third-order valence-electron chi connectivity index (χ3n) is 5.80. The molecule has 7 nitrogen and oxygen atoms in total. The molecule has 0 N–H and O–H groups in total. The van der Waals surface area contributed by atoms with E-state index in [9.17, 15) is 13.2 Å². The third kappa shape index (κ3) is 2.79. The highest BCUT2D eigenvalue weighted by atomic mass is 32.2. The number of morpholine rings is 1. The van der Waals surface area contributed by atoms with E-state index in [1.807, 2.05) is 4.90 Å². The van der Waals surface area contributed by atoms with E-state index in [0.29, 0.717) is 64.1 Å². The molecule has 4 rings (SSSR count). The first-order valence-corrected chi connectivity index (χ1v) is 10.3. The molecule has 3 saturated heterocycles. The summed E-state index contributed by atoms with van der Waals surface area (Å²) >= 11 is 0. The van der Waals surface area contributed by atoms with Crippen LogP contribution in [0.3, 0.4) is 0 Å². The third-order valence-corrected chi connectivity index (χ3v) is 7.10. The molecule has 23 heavy (non-hydrogen) atoms. The van der Waals surface area contributed by atoms with Gasteiger partial charge in [0.05, 0.1) is 38.2 Å². The van der Waals surface area contributed by atoms with Gasteiger partial charge in [-0.3, -0.25) is 4.79 Å². The van der Waals surface area contributed by atoms with Crippen LogP contribution in [0, 0.1) is 17.8 Å². The van der Waals surface area contributed by atoms with Crippen molar-refractivity contribution in [1.29, 1.82) is 0 Å². The minimum absolute atomic E-state index is 0.0988. The quantitative estimate of drug-likeness (QED) is 0.677. The smallest absolute Gasteiger partial charge is 0.226 e. The Kier molecular flexibility index (Phi) is 3.91. The molecule has 5 atom stereocenters. The molecule has 8 heteroatoms. The summed E-state index contributed by atoms with van der Waals surface area (Å²) in [6.07, 6.45) is 2.52. The van der Waals surface area contributed by atoms with Crippen molar-refractivity contribution in [2.24, 2.45) is 17.8 Å². The van der Waals surface area contributed by atoms with E-state index in [1.54, 1.807) is 4.31 Å². The molecule has 0 aromatic heterocycles. The molecule has 0 radical (unpaired) electrons. The normalized spacial score (nSPS) is 41.1. The van der Waals surface area contributed by atoms with Crippen LogP contribution in [0.25, 0.3) is 0 Å². The van der Waals surface area contributed by atoms with Gasteiger partial charge in [-0.05, 0) is 24.7 Å². The molecule has 0 bridgehead atoms. The SMILES string of the molecule is CS(=O)(=O)N1CCOC2CCN(C(=O)C3[C@H]4COC[C@@H]34)CCC21. The Morgan fingerprint density at radius 1 is 1.09 bits per heavy atom. The fourth-order valence-corrected chi connectivity index (χ4v) is 5.63. The highest BCUT2D eigenvalue weighted by Gasteiger charge is 2.59. The molecule has 0 aromatic rings. The zero-order chi connectivity index (χ0) is 16.2. The molecule has 3 aliphatic heterocycles. The second kappa shape index (κ2) is 5.68. The number of carbonyl (C=O) groups is 1. The number of carbonyl (C=O) groups excluding carboxylic acids is 1. The van der Waals surface area contributed by atoms with Gasteiger partial charge in [-0.1, -0.05) is 0 Å². The molecule has 4 aliphatic rings. The van der Waals surface area contributed by atoms with Gasteiger partial charge in [-0.25, -0.2) is 8.42 Å². The van der Waals surface area contributed by atoms with E-state index in [4.69, 9.17) is 9.47 Å². The highest BCUT2D eigenvalue weighted by molar-refractivity contribution is 7.88. The van der Waals surface area contributed by atoms with Gasteiger partial charge in [0.1, 0.15) is 0 Å². The number of ether oxygens (including phenoxy) is 2. The monoisotopic (exact) mass is 344 g/mol. The first-order chi connectivity index (χ1) is 11.0. The lowest BCUT2D eigenvalue weighted by Crippen LogP contribution is -2.53. The lowest BCUT2D eigenvalue weighted by molar-refractivity contribution is -0.134. The Hall–Kier alpha value is -0.700. The molecule has 1 saturated carbocycles. The van der Waals surface area contributed by atoms with E-state index >= 15 is 0 Å². The maximum absolute atomic E-state index is 12.7. The molecule has 0 spiro atoms. The number of nitrogens with zero attached hydrogens (tertiary/aromatic N) is 2. The van der Waals surface area contributed by atoms with Crippen LogP contribution in [0.1, 0.15) is 12.8 Å². The number of likely N-dealkylation sites (tertiary alicyclic amines) is 1. The average Bonchev–Trinajstić information content (AvgIpc) is 3.08. The second-order valence-corrected chi connectivity index (χ2v) is 9.08. The Balaban J connectivity index is 1.44. The largest absolute Gasteiger partial charge is 0.381 e. The summed E-state index contributed by atoms with van der Waals surface area (Å²) in [4.78, 5) is 14.6. The predicted octanol–water partition coefficient (Wildman–Crippen LogP) is -0.470. The maximum atomic E-state index is 12.7. The number of amides is 1. The average molecular weight is 344 g/mol. The van der Waals surface area contributed by atoms with E-state index in [-0.39, 0.29) is 24.0 Å². The first-order valence-electron chi connectivity index (χ1n) is 8.42. The van der Waals surface area contributed by atoms with Crippen molar-refractivity contribution < 1.29 is 22.7 Å². The van der Waals surface area contributed by atoms with Crippen LogP contribution in [0.2, 0.25) is 0 Å². The van der Waals surface area contributed by atoms with Gasteiger partial charge in [-0.2, -0.15) is 4.31 Å². The van der Waals surface area contributed by atoms with E-state index in [2.05, 4.69) is 0 Å². The van der Waals surface area contributed by atoms with Crippen LogP contribution in [0.5, 0.6) is 0 Å². The van der Waals surface area contributed by atoms with Gasteiger partial charge in [0.25, 0.3) is 0 Å². The number of sulfonamides is 1. The molecule has 130 valence electrons. The summed E-state index contributed by atoms with van der Waals surface area (Å²) < 4.78 is 36.7. The number of hydrogen-bond donors (Lipinski definition) is 0. The minimum Gasteiger partial charge on any atom is -0.381 e. The number of rotatable bonds is 2. The van der Waals surface area contributed by atoms with E-state index in [0.717, 1.165) is 0 Å². The Bertz CT molecular complexity index is 585. The minimum atomic E-state index is -3.23. The summed E-state index contributed by atoms with van der Waals surface area (Å²) in [6.45, 7) is 3.56. The van der Waals surface area contributed by atoms with Crippen molar-refractivity contribution >= 4 is 15.9 Å². The summed E-state index contributed by atoms with van der Waals surface area (Å²) in [5, 5.41) is 0. The molecule has 1 aliphatic carbocycles. The Morgan fingerprint density at radius 2 is 1.78 bits per heavy atom. The molecule has 0 aromatic carbocycles. The van der Waals surface area contributed by atoms with Gasteiger partial charge in [-0.15, -0.1) is 0 Å². The zero-order valence-electron chi connectivity index (χ0n) is 13.4. The summed E-state index contributed by atoms with van der Waals surface area (Å²) in [7, 11) is -3.23. The van der Waals surface area contributed by atoms with Crippen LogP contribution in [0.15, 0.2) is 0 Å². The van der Waals surface area contributed by atoms with Crippen LogP contribution < -0.4 is 0 Å². The first kappa shape index (κ1) is 15.8. The molecule has 1 amide bonds. The van der Waals surface area contributed by atoms with Crippen molar-refractivity contribution in [2.45, 2.75) is 25.0 Å². The van der Waals surface area contributed by atoms with Crippen LogP contribution in [-0.4, -0.2) is 81.4 Å². The fraction of sp³-hybridized carbons (Fsp3) is 0.933. The summed E-state index contributed by atoms with van der Waals surface area (Å²) in [5.41, 5.74) is 0. The van der Waals surface area contributed by atoms with Crippen molar-refractivity contribution in [3.63, 3.8) is 0 Å². The predicted molar refractivity (Wildman–Crippen MR) is 82.2 cm³/mol. The maximum Gasteiger partial charge on any atom is 0.226 e. The molecule has 3 heterocycles. The van der Waals surface area contributed by atoms with Gasteiger partial charge in [0.15, 0.2) is 0 Å². The van der Waals surface area contributed by atoms with Crippen LogP contribution in [0.4, 0.5) is 0 Å². The molecule has 3 unspecified atom stereocenters. The highest BCUT2D eigenvalue weighted by Crippen LogP contribution is 2.51. The zero-order valence-corrected chi connectivity index (χ0v) is 14.2. The van der Waals surface area contributed by atoms with Gasteiger partial charge >= 0.3 is 0 Å². The fourth-order valence-electron chi connectivity index (χ4n) is 4.49. The van der Waals surface area contributed by atoms with Crippen LogP contribution >= 0.6 is 0 Å². The van der Waals surface area contributed by atoms with Crippen molar-refractivity contribution in [1.82, 2.24) is 9.21 Å². The van der Waals surface area contributed by atoms with Crippen molar-refractivity contribution in [2.75, 3.05) is 45.7 Å².